The van der Waals surface area contributed by atoms with E-state index in [2.05, 4.69) is 15.0 Å². The lowest BCUT2D eigenvalue weighted by Crippen LogP contribution is -2.29. The molecule has 0 spiro atoms. The third-order valence-corrected chi connectivity index (χ3v) is 5.70. The van der Waals surface area contributed by atoms with Crippen LogP contribution in [0.1, 0.15) is 22.3 Å². The summed E-state index contributed by atoms with van der Waals surface area (Å²) in [6, 6.07) is 11.3. The molecule has 0 heterocycles. The van der Waals surface area contributed by atoms with Gasteiger partial charge in [0, 0.05) is 12.2 Å². The molecule has 0 aromatic heterocycles. The molecule has 2 aromatic rings. The number of anilines is 1. The fraction of sp³-hybridized carbons (Fsp3) is 0.316. The number of halogens is 1. The Kier molecular flexibility index (Phi) is 8.70. The number of aliphatic imine (C=N–C) groups is 1. The van der Waals surface area contributed by atoms with Crippen LogP contribution in [0, 0.1) is 27.7 Å². The SMILES string of the molecule is Cc1ccc(C)c(S(=O)(=O)NCCN=C(N)Nc2ccc(C)c(C)c2)c1.I. The monoisotopic (exact) mass is 502 g/mol. The third-order valence-electron chi connectivity index (χ3n) is 4.10. The van der Waals surface area contributed by atoms with Gasteiger partial charge in [0.05, 0.1) is 11.4 Å². The van der Waals surface area contributed by atoms with E-state index < -0.39 is 10.0 Å². The van der Waals surface area contributed by atoms with Gasteiger partial charge in [-0.05, 0) is 68.1 Å². The van der Waals surface area contributed by atoms with Crippen LogP contribution >= 0.6 is 24.0 Å². The number of guanidine groups is 1. The fourth-order valence-electron chi connectivity index (χ4n) is 2.44. The zero-order chi connectivity index (χ0) is 19.3. The number of nitrogens with two attached hydrogens (primary N) is 1. The van der Waals surface area contributed by atoms with E-state index in [0.29, 0.717) is 10.5 Å². The van der Waals surface area contributed by atoms with Crippen LogP contribution in [-0.4, -0.2) is 27.5 Å². The largest absolute Gasteiger partial charge is 0.370 e. The first kappa shape index (κ1) is 23.4. The molecule has 0 radical (unpaired) electrons. The molecule has 0 bridgehead atoms. The van der Waals surface area contributed by atoms with Gasteiger partial charge in [0.1, 0.15) is 0 Å². The molecular formula is C19H27IN4O2S. The third kappa shape index (κ3) is 6.78. The molecule has 8 heteroatoms. The number of hydrogen-bond donors (Lipinski definition) is 3. The minimum Gasteiger partial charge on any atom is -0.370 e. The van der Waals surface area contributed by atoms with Gasteiger partial charge < -0.3 is 11.1 Å². The highest BCUT2D eigenvalue weighted by Crippen LogP contribution is 2.16. The van der Waals surface area contributed by atoms with Gasteiger partial charge in [0.2, 0.25) is 10.0 Å². The number of nitrogens with one attached hydrogen (secondary N) is 2. The zero-order valence-electron chi connectivity index (χ0n) is 16.0. The van der Waals surface area contributed by atoms with E-state index in [1.807, 2.05) is 45.0 Å². The number of benzene rings is 2. The maximum Gasteiger partial charge on any atom is 0.240 e. The van der Waals surface area contributed by atoms with Gasteiger partial charge in [-0.15, -0.1) is 24.0 Å². The number of hydrogen-bond acceptors (Lipinski definition) is 3. The summed E-state index contributed by atoms with van der Waals surface area (Å²) >= 11 is 0. The van der Waals surface area contributed by atoms with E-state index in [9.17, 15) is 8.42 Å². The normalized spacial score (nSPS) is 11.8. The molecule has 2 aromatic carbocycles. The number of rotatable bonds is 6. The molecule has 0 aliphatic heterocycles. The topological polar surface area (TPSA) is 96.6 Å². The summed E-state index contributed by atoms with van der Waals surface area (Å²) in [5.74, 6) is 0.249. The quantitative estimate of drug-likeness (QED) is 0.245. The molecule has 0 atom stereocenters. The Morgan fingerprint density at radius 2 is 1.67 bits per heavy atom. The highest BCUT2D eigenvalue weighted by molar-refractivity contribution is 14.0. The summed E-state index contributed by atoms with van der Waals surface area (Å²) in [6.07, 6.45) is 0. The maximum absolute atomic E-state index is 12.4. The van der Waals surface area contributed by atoms with E-state index >= 15 is 0 Å². The Morgan fingerprint density at radius 3 is 2.33 bits per heavy atom. The van der Waals surface area contributed by atoms with Gasteiger partial charge in [-0.1, -0.05) is 18.2 Å². The summed E-state index contributed by atoms with van der Waals surface area (Å²) in [5.41, 5.74) is 10.7. The van der Waals surface area contributed by atoms with E-state index in [1.165, 1.54) is 5.56 Å². The van der Waals surface area contributed by atoms with Crippen molar-refractivity contribution in [2.45, 2.75) is 32.6 Å². The summed E-state index contributed by atoms with van der Waals surface area (Å²) in [5, 5.41) is 3.01. The molecule has 0 aliphatic rings. The van der Waals surface area contributed by atoms with Gasteiger partial charge >= 0.3 is 0 Å². The molecule has 0 aliphatic carbocycles. The van der Waals surface area contributed by atoms with Gasteiger partial charge in [-0.25, -0.2) is 13.1 Å². The first-order valence-corrected chi connectivity index (χ1v) is 9.88. The van der Waals surface area contributed by atoms with Gasteiger partial charge in [0.15, 0.2) is 5.96 Å². The average molecular weight is 502 g/mol. The van der Waals surface area contributed by atoms with Crippen molar-refractivity contribution in [1.82, 2.24) is 4.72 Å². The van der Waals surface area contributed by atoms with E-state index in [-0.39, 0.29) is 43.0 Å². The molecule has 6 nitrogen and oxygen atoms in total. The fourth-order valence-corrected chi connectivity index (χ4v) is 3.79. The van der Waals surface area contributed by atoms with Crippen LogP contribution in [0.25, 0.3) is 0 Å². The van der Waals surface area contributed by atoms with Gasteiger partial charge in [-0.2, -0.15) is 0 Å². The second kappa shape index (κ2) is 10.0. The number of sulfonamides is 1. The van der Waals surface area contributed by atoms with Crippen molar-refractivity contribution in [3.8, 4) is 0 Å². The second-order valence-electron chi connectivity index (χ2n) is 6.36. The summed E-state index contributed by atoms with van der Waals surface area (Å²) < 4.78 is 27.4. The van der Waals surface area contributed by atoms with Crippen molar-refractivity contribution < 1.29 is 8.42 Å². The van der Waals surface area contributed by atoms with Crippen molar-refractivity contribution in [2.75, 3.05) is 18.4 Å². The molecular weight excluding hydrogens is 475 g/mol. The molecule has 4 N–H and O–H groups in total. The summed E-state index contributed by atoms with van der Waals surface area (Å²) in [4.78, 5) is 4.46. The van der Waals surface area contributed by atoms with Crippen LogP contribution in [-0.2, 0) is 10.0 Å². The Labute approximate surface area is 178 Å². The van der Waals surface area contributed by atoms with Crippen LogP contribution in [0.15, 0.2) is 46.3 Å². The van der Waals surface area contributed by atoms with Crippen LogP contribution in [0.4, 0.5) is 5.69 Å². The lowest BCUT2D eigenvalue weighted by Gasteiger charge is -2.10. The molecule has 2 rings (SSSR count). The number of nitrogens with zero attached hydrogens (tertiary/aromatic N) is 1. The minimum atomic E-state index is -3.56. The van der Waals surface area contributed by atoms with E-state index in [1.54, 1.807) is 19.1 Å². The lowest BCUT2D eigenvalue weighted by molar-refractivity contribution is 0.581. The molecule has 0 saturated heterocycles. The molecule has 27 heavy (non-hydrogen) atoms. The Morgan fingerprint density at radius 1 is 1.00 bits per heavy atom. The van der Waals surface area contributed by atoms with Crippen LogP contribution < -0.4 is 15.8 Å². The average Bonchev–Trinajstić information content (AvgIpc) is 2.57. The first-order chi connectivity index (χ1) is 12.2. The molecule has 0 amide bonds. The molecule has 0 fully saturated rings. The highest BCUT2D eigenvalue weighted by Gasteiger charge is 2.16. The maximum atomic E-state index is 12.4. The predicted molar refractivity (Wildman–Crippen MR) is 123 cm³/mol. The summed E-state index contributed by atoms with van der Waals surface area (Å²) in [7, 11) is -3.56. The molecule has 0 unspecified atom stereocenters. The molecule has 0 saturated carbocycles. The van der Waals surface area contributed by atoms with E-state index in [0.717, 1.165) is 16.8 Å². The smallest absolute Gasteiger partial charge is 0.240 e. The highest BCUT2D eigenvalue weighted by atomic mass is 127. The minimum absolute atomic E-state index is 0. The van der Waals surface area contributed by atoms with Crippen molar-refractivity contribution >= 4 is 45.6 Å². The summed E-state index contributed by atoms with van der Waals surface area (Å²) in [6.45, 7) is 8.12. The standard InChI is InChI=1S/C19H26N4O2S.HI/c1-13-5-6-15(3)18(11-13)26(24,25)22-10-9-21-19(20)23-17-8-7-14(2)16(4)12-17;/h5-8,11-12,22H,9-10H2,1-4H3,(H3,20,21,23);1H. The zero-order valence-corrected chi connectivity index (χ0v) is 19.2. The van der Waals surface area contributed by atoms with Crippen LogP contribution in [0.3, 0.4) is 0 Å². The Balaban J connectivity index is 0.00000364. The number of aryl methyl sites for hydroxylation is 4. The van der Waals surface area contributed by atoms with Crippen molar-refractivity contribution in [2.24, 2.45) is 10.7 Å². The second-order valence-corrected chi connectivity index (χ2v) is 8.09. The van der Waals surface area contributed by atoms with Gasteiger partial charge in [0.25, 0.3) is 0 Å². The van der Waals surface area contributed by atoms with Crippen molar-refractivity contribution in [3.63, 3.8) is 0 Å². The van der Waals surface area contributed by atoms with Crippen molar-refractivity contribution in [3.05, 3.63) is 58.7 Å². The predicted octanol–water partition coefficient (Wildman–Crippen LogP) is 3.24. The van der Waals surface area contributed by atoms with Crippen molar-refractivity contribution in [1.29, 1.82) is 0 Å². The van der Waals surface area contributed by atoms with Gasteiger partial charge in [-0.3, -0.25) is 4.99 Å². The Bertz CT molecular complexity index is 927. The Hall–Kier alpha value is -1.65. The van der Waals surface area contributed by atoms with E-state index in [4.69, 9.17) is 5.73 Å². The van der Waals surface area contributed by atoms with Crippen LogP contribution in [0.5, 0.6) is 0 Å². The molecule has 148 valence electrons. The van der Waals surface area contributed by atoms with Crippen LogP contribution in [0.2, 0.25) is 0 Å². The lowest BCUT2D eigenvalue weighted by atomic mass is 10.1. The first-order valence-electron chi connectivity index (χ1n) is 8.40.